The normalized spacial score (nSPS) is 10.1. The number of fused-ring (bicyclic) bond motifs is 1. The first kappa shape index (κ1) is 16.3. The van der Waals surface area contributed by atoms with Gasteiger partial charge in [-0.05, 0) is 24.6 Å². The number of ether oxygens (including phenoxy) is 1. The van der Waals surface area contributed by atoms with Gasteiger partial charge in [-0.3, -0.25) is 10.1 Å². The minimum absolute atomic E-state index is 0.253. The van der Waals surface area contributed by atoms with Gasteiger partial charge in [-0.15, -0.1) is 6.58 Å². The molecule has 0 aliphatic rings. The van der Waals surface area contributed by atoms with Crippen molar-refractivity contribution in [2.45, 2.75) is 6.92 Å². The number of hydrogen-bond donors (Lipinski definition) is 2. The number of amides is 3. The largest absolute Gasteiger partial charge is 0.484 e. The number of carbonyl (C=O) groups is 2. The van der Waals surface area contributed by atoms with Crippen LogP contribution in [0.3, 0.4) is 0 Å². The quantitative estimate of drug-likeness (QED) is 0.643. The zero-order valence-electron chi connectivity index (χ0n) is 12.5. The highest BCUT2D eigenvalue weighted by atomic mass is 16.5. The average molecular weight is 316 g/mol. The van der Waals surface area contributed by atoms with Crippen molar-refractivity contribution in [2.75, 3.05) is 13.2 Å². The molecule has 7 nitrogen and oxygen atoms in total. The monoisotopic (exact) mass is 316 g/mol. The topological polar surface area (TPSA) is 97.6 Å². The Hall–Kier alpha value is -3.09. The van der Waals surface area contributed by atoms with Crippen molar-refractivity contribution in [1.82, 2.24) is 10.6 Å². The maximum absolute atomic E-state index is 11.6. The van der Waals surface area contributed by atoms with E-state index in [2.05, 4.69) is 17.2 Å². The molecule has 0 saturated carbocycles. The van der Waals surface area contributed by atoms with Crippen molar-refractivity contribution >= 4 is 22.9 Å². The van der Waals surface area contributed by atoms with Crippen molar-refractivity contribution in [3.8, 4) is 5.75 Å². The first-order valence-electron chi connectivity index (χ1n) is 6.85. The minimum atomic E-state index is -0.626. The summed E-state index contributed by atoms with van der Waals surface area (Å²) in [7, 11) is 0. The minimum Gasteiger partial charge on any atom is -0.484 e. The van der Waals surface area contributed by atoms with Crippen molar-refractivity contribution in [3.63, 3.8) is 0 Å². The second-order valence-electron chi connectivity index (χ2n) is 4.74. The molecule has 0 fully saturated rings. The van der Waals surface area contributed by atoms with Gasteiger partial charge < -0.3 is 14.5 Å². The summed E-state index contributed by atoms with van der Waals surface area (Å²) in [6, 6.07) is 5.68. The molecule has 0 unspecified atom stereocenters. The van der Waals surface area contributed by atoms with Crippen molar-refractivity contribution < 1.29 is 18.7 Å². The van der Waals surface area contributed by atoms with Crippen LogP contribution in [0.25, 0.3) is 11.0 Å². The van der Waals surface area contributed by atoms with Gasteiger partial charge in [0.05, 0.1) is 0 Å². The second kappa shape index (κ2) is 7.26. The molecule has 2 rings (SSSR count). The fraction of sp³-hybridized carbons (Fsp3) is 0.188. The van der Waals surface area contributed by atoms with E-state index in [1.165, 1.54) is 18.2 Å². The molecule has 0 atom stereocenters. The smallest absolute Gasteiger partial charge is 0.336 e. The van der Waals surface area contributed by atoms with Gasteiger partial charge in [-0.1, -0.05) is 6.08 Å². The molecule has 0 radical (unpaired) electrons. The summed E-state index contributed by atoms with van der Waals surface area (Å²) in [5, 5.41) is 5.29. The molecule has 2 aromatic rings. The first-order valence-corrected chi connectivity index (χ1v) is 6.85. The molecule has 0 saturated heterocycles. The summed E-state index contributed by atoms with van der Waals surface area (Å²) >= 11 is 0. The van der Waals surface area contributed by atoms with Gasteiger partial charge in [0, 0.05) is 24.1 Å². The van der Waals surface area contributed by atoms with Crippen molar-refractivity contribution in [2.24, 2.45) is 0 Å². The van der Waals surface area contributed by atoms with Crippen LogP contribution in [0.1, 0.15) is 5.56 Å². The van der Waals surface area contributed by atoms with E-state index in [0.717, 1.165) is 10.9 Å². The molecule has 2 N–H and O–H groups in total. The summed E-state index contributed by atoms with van der Waals surface area (Å²) in [6.45, 7) is 5.15. The lowest BCUT2D eigenvalue weighted by molar-refractivity contribution is -0.122. The van der Waals surface area contributed by atoms with E-state index in [1.807, 2.05) is 0 Å². The van der Waals surface area contributed by atoms with Crippen LogP contribution in [-0.4, -0.2) is 25.1 Å². The Morgan fingerprint density at radius 1 is 1.35 bits per heavy atom. The highest BCUT2D eigenvalue weighted by Gasteiger charge is 2.09. The Balaban J connectivity index is 1.99. The van der Waals surface area contributed by atoms with E-state index in [0.29, 0.717) is 11.3 Å². The summed E-state index contributed by atoms with van der Waals surface area (Å²) in [4.78, 5) is 34.2. The molecule has 0 aliphatic carbocycles. The molecule has 0 spiro atoms. The molecular formula is C16H16N2O5. The maximum atomic E-state index is 11.6. The molecule has 0 aliphatic heterocycles. The molecule has 3 amide bonds. The summed E-state index contributed by atoms with van der Waals surface area (Å²) < 4.78 is 10.4. The van der Waals surface area contributed by atoms with Crippen LogP contribution in [0.4, 0.5) is 4.79 Å². The number of hydrogen-bond acceptors (Lipinski definition) is 5. The Morgan fingerprint density at radius 2 is 2.13 bits per heavy atom. The fourth-order valence-corrected chi connectivity index (χ4v) is 1.92. The zero-order valence-corrected chi connectivity index (χ0v) is 12.5. The predicted molar refractivity (Wildman–Crippen MR) is 84.5 cm³/mol. The molecule has 1 aromatic carbocycles. The van der Waals surface area contributed by atoms with E-state index in [-0.39, 0.29) is 13.2 Å². The van der Waals surface area contributed by atoms with E-state index in [9.17, 15) is 14.4 Å². The van der Waals surface area contributed by atoms with E-state index < -0.39 is 17.6 Å². The number of urea groups is 1. The predicted octanol–water partition coefficient (Wildman–Crippen LogP) is 1.49. The lowest BCUT2D eigenvalue weighted by atomic mass is 10.1. The van der Waals surface area contributed by atoms with Gasteiger partial charge in [-0.2, -0.15) is 0 Å². The molecule has 0 bridgehead atoms. The molecular weight excluding hydrogens is 300 g/mol. The summed E-state index contributed by atoms with van der Waals surface area (Å²) in [5.74, 6) is -0.245. The zero-order chi connectivity index (χ0) is 16.8. The third-order valence-corrected chi connectivity index (χ3v) is 2.95. The number of carbonyl (C=O) groups excluding carboxylic acids is 2. The number of imide groups is 1. The maximum Gasteiger partial charge on any atom is 0.336 e. The van der Waals surface area contributed by atoms with Crippen LogP contribution in [0.5, 0.6) is 5.75 Å². The van der Waals surface area contributed by atoms with E-state index in [1.54, 1.807) is 19.1 Å². The summed E-state index contributed by atoms with van der Waals surface area (Å²) in [6.07, 6.45) is 1.49. The number of nitrogens with one attached hydrogen (secondary N) is 2. The van der Waals surface area contributed by atoms with Gasteiger partial charge in [0.25, 0.3) is 5.91 Å². The highest BCUT2D eigenvalue weighted by molar-refractivity contribution is 5.95. The first-order chi connectivity index (χ1) is 11.0. The van der Waals surface area contributed by atoms with Crippen LogP contribution in [-0.2, 0) is 4.79 Å². The van der Waals surface area contributed by atoms with Crippen LogP contribution in [0, 0.1) is 6.92 Å². The number of aryl methyl sites for hydroxylation is 1. The van der Waals surface area contributed by atoms with Gasteiger partial charge in [-0.25, -0.2) is 9.59 Å². The lowest BCUT2D eigenvalue weighted by Crippen LogP contribution is -2.41. The van der Waals surface area contributed by atoms with E-state index >= 15 is 0 Å². The van der Waals surface area contributed by atoms with Crippen LogP contribution in [0.2, 0.25) is 0 Å². The molecule has 1 heterocycles. The Bertz CT molecular complexity index is 810. The van der Waals surface area contributed by atoms with Gasteiger partial charge in [0.1, 0.15) is 11.3 Å². The molecule has 1 aromatic heterocycles. The Labute approximate surface area is 131 Å². The van der Waals surface area contributed by atoms with Crippen LogP contribution < -0.4 is 21.0 Å². The van der Waals surface area contributed by atoms with Crippen molar-refractivity contribution in [3.05, 3.63) is 52.9 Å². The van der Waals surface area contributed by atoms with Gasteiger partial charge in [0.2, 0.25) is 0 Å². The standard InChI is InChI=1S/C16H16N2O5/c1-3-6-17-16(21)18-14(19)9-22-11-4-5-12-10(2)7-15(20)23-13(12)8-11/h3-5,7-8H,1,6,9H2,2H3,(H2,17,18,19,21). The highest BCUT2D eigenvalue weighted by Crippen LogP contribution is 2.22. The third kappa shape index (κ3) is 4.44. The Kier molecular flexibility index (Phi) is 5.14. The molecule has 120 valence electrons. The van der Waals surface area contributed by atoms with Crippen LogP contribution in [0.15, 0.2) is 46.1 Å². The fourth-order valence-electron chi connectivity index (χ4n) is 1.92. The van der Waals surface area contributed by atoms with Crippen molar-refractivity contribution in [1.29, 1.82) is 0 Å². The number of rotatable bonds is 5. The van der Waals surface area contributed by atoms with E-state index in [4.69, 9.17) is 9.15 Å². The summed E-state index contributed by atoms with van der Waals surface area (Å²) in [5.41, 5.74) is 0.708. The third-order valence-electron chi connectivity index (χ3n) is 2.95. The Morgan fingerprint density at radius 3 is 2.87 bits per heavy atom. The number of benzene rings is 1. The molecule has 23 heavy (non-hydrogen) atoms. The SMILES string of the molecule is C=CCNC(=O)NC(=O)COc1ccc2c(C)cc(=O)oc2c1. The van der Waals surface area contributed by atoms with Gasteiger partial charge in [0.15, 0.2) is 6.61 Å². The van der Waals surface area contributed by atoms with Gasteiger partial charge >= 0.3 is 11.7 Å². The average Bonchev–Trinajstić information content (AvgIpc) is 2.50. The van der Waals surface area contributed by atoms with Crippen LogP contribution >= 0.6 is 0 Å². The second-order valence-corrected chi connectivity index (χ2v) is 4.74. The lowest BCUT2D eigenvalue weighted by Gasteiger charge is -2.08. The molecule has 7 heteroatoms.